The number of carboxylic acids is 1. The van der Waals surface area contributed by atoms with Crippen LogP contribution in [-0.4, -0.2) is 11.1 Å². The van der Waals surface area contributed by atoms with Crippen LogP contribution in [0.4, 0.5) is 10.1 Å². The van der Waals surface area contributed by atoms with Gasteiger partial charge in [0.25, 0.3) is 0 Å². The molecule has 3 nitrogen and oxygen atoms in total. The molecule has 0 aliphatic heterocycles. The summed E-state index contributed by atoms with van der Waals surface area (Å²) >= 11 is 5.77. The third-order valence-corrected chi connectivity index (χ3v) is 2.91. The van der Waals surface area contributed by atoms with E-state index in [1.165, 1.54) is 24.3 Å². The first-order valence-corrected chi connectivity index (χ1v) is 5.95. The zero-order valence-electron chi connectivity index (χ0n) is 9.86. The van der Waals surface area contributed by atoms with Gasteiger partial charge in [-0.15, -0.1) is 0 Å². The Labute approximate surface area is 114 Å². The molecule has 0 aliphatic rings. The first kappa shape index (κ1) is 13.4. The van der Waals surface area contributed by atoms with Gasteiger partial charge in [0.05, 0.1) is 10.6 Å². The van der Waals surface area contributed by atoms with E-state index in [9.17, 15) is 9.18 Å². The van der Waals surface area contributed by atoms with Crippen LogP contribution in [0.1, 0.15) is 15.9 Å². The predicted octanol–water partition coefficient (Wildman–Crippen LogP) is 3.79. The lowest BCUT2D eigenvalue weighted by molar-refractivity contribution is 0.0697. The van der Waals surface area contributed by atoms with Crippen molar-refractivity contribution in [3.63, 3.8) is 0 Å². The summed E-state index contributed by atoms with van der Waals surface area (Å²) in [5.41, 5.74) is 1.42. The second kappa shape index (κ2) is 5.71. The van der Waals surface area contributed by atoms with Gasteiger partial charge in [0, 0.05) is 12.2 Å². The van der Waals surface area contributed by atoms with Gasteiger partial charge in [-0.25, -0.2) is 9.18 Å². The number of nitrogens with one attached hydrogen (secondary N) is 1. The largest absolute Gasteiger partial charge is 0.478 e. The molecule has 2 rings (SSSR count). The molecular weight excluding hydrogens is 269 g/mol. The Balaban J connectivity index is 2.12. The van der Waals surface area contributed by atoms with Gasteiger partial charge >= 0.3 is 5.97 Å². The Hall–Kier alpha value is -2.07. The minimum absolute atomic E-state index is 0.0332. The van der Waals surface area contributed by atoms with Crippen LogP contribution in [0.2, 0.25) is 5.02 Å². The fraction of sp³-hybridized carbons (Fsp3) is 0.0714. The molecule has 0 fully saturated rings. The normalized spacial score (nSPS) is 10.2. The molecule has 2 aromatic rings. The Morgan fingerprint density at radius 2 is 2.05 bits per heavy atom. The van der Waals surface area contributed by atoms with Crippen molar-refractivity contribution in [2.75, 3.05) is 5.32 Å². The van der Waals surface area contributed by atoms with Crippen molar-refractivity contribution in [1.29, 1.82) is 0 Å². The van der Waals surface area contributed by atoms with Gasteiger partial charge in [0.2, 0.25) is 0 Å². The number of aromatic carboxylic acids is 1. The zero-order valence-corrected chi connectivity index (χ0v) is 10.6. The molecule has 0 spiro atoms. The highest BCUT2D eigenvalue weighted by Gasteiger charge is 2.09. The van der Waals surface area contributed by atoms with Gasteiger partial charge in [0.1, 0.15) is 5.82 Å². The molecule has 0 radical (unpaired) electrons. The number of hydrogen-bond acceptors (Lipinski definition) is 2. The van der Waals surface area contributed by atoms with E-state index in [1.807, 2.05) is 0 Å². The first-order chi connectivity index (χ1) is 9.06. The molecule has 0 unspecified atom stereocenters. The molecular formula is C14H11ClFNO2. The van der Waals surface area contributed by atoms with Crippen LogP contribution in [0.5, 0.6) is 0 Å². The SMILES string of the molecule is O=C(O)c1cc(NCc2cccc(F)c2)ccc1Cl. The monoisotopic (exact) mass is 279 g/mol. The lowest BCUT2D eigenvalue weighted by Crippen LogP contribution is -2.03. The summed E-state index contributed by atoms with van der Waals surface area (Å²) in [7, 11) is 0. The van der Waals surface area contributed by atoms with Crippen LogP contribution in [0.25, 0.3) is 0 Å². The van der Waals surface area contributed by atoms with E-state index in [4.69, 9.17) is 16.7 Å². The number of carbonyl (C=O) groups is 1. The van der Waals surface area contributed by atoms with Gasteiger partial charge in [-0.1, -0.05) is 23.7 Å². The van der Waals surface area contributed by atoms with Crippen LogP contribution in [0, 0.1) is 5.82 Å². The lowest BCUT2D eigenvalue weighted by Gasteiger charge is -2.08. The zero-order chi connectivity index (χ0) is 13.8. The number of halogens is 2. The molecule has 2 N–H and O–H groups in total. The van der Waals surface area contributed by atoms with Crippen molar-refractivity contribution in [2.24, 2.45) is 0 Å². The smallest absolute Gasteiger partial charge is 0.337 e. The highest BCUT2D eigenvalue weighted by atomic mass is 35.5. The minimum Gasteiger partial charge on any atom is -0.478 e. The number of carboxylic acid groups (broad SMARTS) is 1. The summed E-state index contributed by atoms with van der Waals surface area (Å²) in [4.78, 5) is 10.9. The maximum atomic E-state index is 13.0. The average Bonchev–Trinajstić information content (AvgIpc) is 2.37. The Morgan fingerprint density at radius 3 is 2.74 bits per heavy atom. The van der Waals surface area contributed by atoms with Gasteiger partial charge < -0.3 is 10.4 Å². The van der Waals surface area contributed by atoms with Crippen molar-refractivity contribution < 1.29 is 14.3 Å². The highest BCUT2D eigenvalue weighted by Crippen LogP contribution is 2.21. The number of anilines is 1. The first-order valence-electron chi connectivity index (χ1n) is 5.57. The van der Waals surface area contributed by atoms with Crippen molar-refractivity contribution in [2.45, 2.75) is 6.54 Å². The molecule has 5 heteroatoms. The topological polar surface area (TPSA) is 49.3 Å². The Kier molecular flexibility index (Phi) is 4.02. The maximum absolute atomic E-state index is 13.0. The van der Waals surface area contributed by atoms with E-state index >= 15 is 0 Å². The Bertz CT molecular complexity index is 616. The predicted molar refractivity (Wildman–Crippen MR) is 72.1 cm³/mol. The van der Waals surface area contributed by atoms with Crippen molar-refractivity contribution in [3.8, 4) is 0 Å². The summed E-state index contributed by atoms with van der Waals surface area (Å²) in [6, 6.07) is 10.8. The van der Waals surface area contributed by atoms with E-state index < -0.39 is 5.97 Å². The van der Waals surface area contributed by atoms with Crippen LogP contribution in [0.3, 0.4) is 0 Å². The fourth-order valence-corrected chi connectivity index (χ4v) is 1.85. The van der Waals surface area contributed by atoms with Gasteiger partial charge in [-0.05, 0) is 35.9 Å². The summed E-state index contributed by atoms with van der Waals surface area (Å²) in [5.74, 6) is -1.39. The molecule has 0 saturated heterocycles. The molecule has 98 valence electrons. The van der Waals surface area contributed by atoms with Crippen molar-refractivity contribution >= 4 is 23.3 Å². The third-order valence-electron chi connectivity index (χ3n) is 2.58. The molecule has 0 amide bonds. The maximum Gasteiger partial charge on any atom is 0.337 e. The van der Waals surface area contributed by atoms with E-state index in [-0.39, 0.29) is 16.4 Å². The molecule has 0 bridgehead atoms. The number of benzene rings is 2. The van der Waals surface area contributed by atoms with E-state index in [1.54, 1.807) is 18.2 Å². The summed E-state index contributed by atoms with van der Waals surface area (Å²) in [5, 5.41) is 12.2. The number of rotatable bonds is 4. The van der Waals surface area contributed by atoms with E-state index in [0.29, 0.717) is 12.2 Å². The molecule has 0 atom stereocenters. The second-order valence-electron chi connectivity index (χ2n) is 3.98. The van der Waals surface area contributed by atoms with E-state index in [0.717, 1.165) is 5.56 Å². The fourth-order valence-electron chi connectivity index (χ4n) is 1.65. The third kappa shape index (κ3) is 3.45. The lowest BCUT2D eigenvalue weighted by atomic mass is 10.2. The number of hydrogen-bond donors (Lipinski definition) is 2. The summed E-state index contributed by atoms with van der Waals surface area (Å²) in [6.45, 7) is 0.401. The molecule has 0 saturated carbocycles. The van der Waals surface area contributed by atoms with Gasteiger partial charge in [-0.2, -0.15) is 0 Å². The average molecular weight is 280 g/mol. The Morgan fingerprint density at radius 1 is 1.26 bits per heavy atom. The van der Waals surface area contributed by atoms with Crippen LogP contribution >= 0.6 is 11.6 Å². The highest BCUT2D eigenvalue weighted by molar-refractivity contribution is 6.33. The van der Waals surface area contributed by atoms with Gasteiger partial charge in [0.15, 0.2) is 0 Å². The molecule has 0 aromatic heterocycles. The molecule has 0 aliphatic carbocycles. The quantitative estimate of drug-likeness (QED) is 0.895. The summed E-state index contributed by atoms with van der Waals surface area (Å²) in [6.07, 6.45) is 0. The standard InChI is InChI=1S/C14H11ClFNO2/c15-13-5-4-11(7-12(13)14(18)19)17-8-9-2-1-3-10(16)6-9/h1-7,17H,8H2,(H,18,19). The second-order valence-corrected chi connectivity index (χ2v) is 4.39. The van der Waals surface area contributed by atoms with Crippen LogP contribution in [0.15, 0.2) is 42.5 Å². The van der Waals surface area contributed by atoms with Crippen molar-refractivity contribution in [3.05, 3.63) is 64.4 Å². The molecule has 2 aromatic carbocycles. The molecule has 19 heavy (non-hydrogen) atoms. The van der Waals surface area contributed by atoms with Gasteiger partial charge in [-0.3, -0.25) is 0 Å². The minimum atomic E-state index is -1.08. The van der Waals surface area contributed by atoms with Crippen LogP contribution < -0.4 is 5.32 Å². The van der Waals surface area contributed by atoms with E-state index in [2.05, 4.69) is 5.32 Å². The van der Waals surface area contributed by atoms with Crippen LogP contribution in [-0.2, 0) is 6.54 Å². The molecule has 0 heterocycles. The summed E-state index contributed by atoms with van der Waals surface area (Å²) < 4.78 is 13.0. The van der Waals surface area contributed by atoms with Crippen molar-refractivity contribution in [1.82, 2.24) is 0 Å².